The maximum atomic E-state index is 13.5. The van der Waals surface area contributed by atoms with Crippen molar-refractivity contribution in [1.29, 1.82) is 0 Å². The summed E-state index contributed by atoms with van der Waals surface area (Å²) in [5.41, 5.74) is 3.26. The molecule has 1 fully saturated rings. The van der Waals surface area contributed by atoms with Gasteiger partial charge in [0.1, 0.15) is 12.4 Å². The molecule has 1 saturated heterocycles. The second-order valence-corrected chi connectivity index (χ2v) is 10.5. The number of nitrogens with zero attached hydrogens (tertiary/aromatic N) is 3. The topological polar surface area (TPSA) is 110 Å². The number of carboxylic acid groups (broad SMARTS) is 1. The second kappa shape index (κ2) is 13.3. The van der Waals surface area contributed by atoms with Crippen LogP contribution >= 0.6 is 0 Å². The van der Waals surface area contributed by atoms with Crippen molar-refractivity contribution in [3.8, 4) is 5.75 Å². The van der Waals surface area contributed by atoms with Crippen molar-refractivity contribution >= 4 is 17.0 Å². The molecule has 0 radical (unpaired) electrons. The highest BCUT2D eigenvalue weighted by Gasteiger charge is 2.24. The van der Waals surface area contributed by atoms with Gasteiger partial charge in [-0.05, 0) is 49.7 Å². The molecule has 2 aliphatic rings. The molecule has 0 saturated carbocycles. The largest absolute Gasteiger partial charge is 0.484 e. The van der Waals surface area contributed by atoms with Crippen molar-refractivity contribution in [1.82, 2.24) is 19.4 Å². The number of carboxylic acids is 1. The third-order valence-electron chi connectivity index (χ3n) is 7.21. The third-order valence-corrected chi connectivity index (χ3v) is 7.21. The lowest BCUT2D eigenvalue weighted by molar-refractivity contribution is -0.0591. The number of halogens is 3. The van der Waals surface area contributed by atoms with E-state index < -0.39 is 23.8 Å². The van der Waals surface area contributed by atoms with Crippen molar-refractivity contribution in [3.63, 3.8) is 0 Å². The zero-order valence-corrected chi connectivity index (χ0v) is 23.4. The van der Waals surface area contributed by atoms with E-state index >= 15 is 0 Å². The molecule has 9 nitrogen and oxygen atoms in total. The van der Waals surface area contributed by atoms with E-state index in [1.54, 1.807) is 18.2 Å². The van der Waals surface area contributed by atoms with Gasteiger partial charge in [0.05, 0.1) is 41.5 Å². The van der Waals surface area contributed by atoms with Crippen LogP contribution in [-0.2, 0) is 24.4 Å². The molecule has 12 heteroatoms. The number of aromatic carboxylic acids is 1. The molecule has 6 rings (SSSR count). The van der Waals surface area contributed by atoms with E-state index in [-0.39, 0.29) is 23.9 Å². The van der Waals surface area contributed by atoms with E-state index in [9.17, 15) is 27.9 Å². The van der Waals surface area contributed by atoms with Gasteiger partial charge in [-0.2, -0.15) is 0 Å². The third kappa shape index (κ3) is 7.51. The molecule has 2 N–H and O–H groups in total. The van der Waals surface area contributed by atoms with Crippen molar-refractivity contribution in [2.75, 3.05) is 19.7 Å². The van der Waals surface area contributed by atoms with Crippen LogP contribution in [0.1, 0.15) is 47.2 Å². The van der Waals surface area contributed by atoms with Gasteiger partial charge in [-0.15, -0.1) is 0 Å². The Kier molecular flexibility index (Phi) is 9.27. The summed E-state index contributed by atoms with van der Waals surface area (Å²) in [6.07, 6.45) is 2.20. The number of hydrogen-bond donors (Lipinski definition) is 2. The number of fused-ring (bicyclic) bond motifs is 1. The first-order valence-corrected chi connectivity index (χ1v) is 13.8. The summed E-state index contributed by atoms with van der Waals surface area (Å²) in [4.78, 5) is 32.2. The van der Waals surface area contributed by atoms with Gasteiger partial charge in [-0.1, -0.05) is 11.6 Å². The quantitative estimate of drug-likeness (QED) is 0.252. The van der Waals surface area contributed by atoms with Crippen molar-refractivity contribution < 1.29 is 32.5 Å². The molecule has 1 unspecified atom stereocenters. The lowest BCUT2D eigenvalue weighted by Gasteiger charge is -2.28. The lowest BCUT2D eigenvalue weighted by atomic mass is 10.1. The maximum absolute atomic E-state index is 13.5. The Morgan fingerprint density at radius 3 is 2.65 bits per heavy atom. The van der Waals surface area contributed by atoms with Crippen LogP contribution in [0.15, 0.2) is 71.2 Å². The predicted octanol–water partition coefficient (Wildman–Crippen LogP) is 5.32. The van der Waals surface area contributed by atoms with E-state index in [1.807, 2.05) is 0 Å². The minimum atomic E-state index is -2.73. The molecule has 226 valence electrons. The molecular formula is C31H31F3N4O5. The van der Waals surface area contributed by atoms with Crippen LogP contribution in [0.4, 0.5) is 13.2 Å². The fraction of sp³-hybridized carbons (Fsp3) is 0.323. The first kappa shape index (κ1) is 30.1. The number of rotatable bonds is 9. The van der Waals surface area contributed by atoms with Gasteiger partial charge in [0.25, 0.3) is 6.43 Å². The average molecular weight is 597 g/mol. The van der Waals surface area contributed by atoms with Gasteiger partial charge in [0, 0.05) is 43.6 Å². The number of aromatic amines is 1. The summed E-state index contributed by atoms with van der Waals surface area (Å²) in [6, 6.07) is 10.7. The van der Waals surface area contributed by atoms with Crippen LogP contribution < -0.4 is 10.2 Å². The van der Waals surface area contributed by atoms with Crippen molar-refractivity contribution in [3.05, 3.63) is 105 Å². The highest BCUT2D eigenvalue weighted by Crippen LogP contribution is 2.26. The summed E-state index contributed by atoms with van der Waals surface area (Å²) in [5.74, 6) is -0.943. The van der Waals surface area contributed by atoms with E-state index in [4.69, 9.17) is 14.5 Å². The second-order valence-electron chi connectivity index (χ2n) is 10.5. The standard InChI is InChI=1S/C18H21N3O3.C13H10F3NO2/c1-12-4-6-20(9-12)11-17-19-15-3-2-13(18(22)23)8-16(15)21(17)10-14-5-7-24-14;14-11-5-8(13(15)16)1-2-12(11)19-7-9-6-10(18)3-4-17-9/h2-4,8,14H,5-7,9-11H2,1H3,(H,22,23);1-6,13H,7H2,(H,17,18). The number of imidazole rings is 1. The number of benzene rings is 2. The summed E-state index contributed by atoms with van der Waals surface area (Å²) in [7, 11) is 0. The summed E-state index contributed by atoms with van der Waals surface area (Å²) in [6.45, 7) is 6.29. The van der Waals surface area contributed by atoms with Crippen LogP contribution in [-0.4, -0.2) is 56.3 Å². The first-order chi connectivity index (χ1) is 20.7. The molecule has 1 atom stereocenters. The monoisotopic (exact) mass is 596 g/mol. The smallest absolute Gasteiger partial charge is 0.335 e. The van der Waals surface area contributed by atoms with Crippen LogP contribution in [0.5, 0.6) is 5.75 Å². The van der Waals surface area contributed by atoms with Gasteiger partial charge in [0.15, 0.2) is 17.0 Å². The first-order valence-electron chi connectivity index (χ1n) is 13.8. The van der Waals surface area contributed by atoms with E-state index in [0.717, 1.165) is 74.3 Å². The fourth-order valence-corrected chi connectivity index (χ4v) is 4.85. The molecule has 0 bridgehead atoms. The number of aromatic nitrogens is 3. The Hall–Kier alpha value is -4.42. The SMILES string of the molecule is CC1=CCN(Cc2nc3ccc(C(=O)O)cc3n2CC2CCO2)C1.O=c1cc[nH]c(COc2ccc(C(F)F)cc2F)c1. The molecule has 2 aromatic carbocycles. The van der Waals surface area contributed by atoms with Crippen LogP contribution in [0.25, 0.3) is 11.0 Å². The number of hydrogen-bond acceptors (Lipinski definition) is 6. The molecule has 4 heterocycles. The normalized spacial score (nSPS) is 16.5. The van der Waals surface area contributed by atoms with Crippen molar-refractivity contribution in [2.45, 2.75) is 45.6 Å². The molecule has 2 aliphatic heterocycles. The Labute approximate surface area is 245 Å². The number of carbonyl (C=O) groups is 1. The van der Waals surface area contributed by atoms with Gasteiger partial charge in [0.2, 0.25) is 0 Å². The minimum Gasteiger partial charge on any atom is -0.484 e. The zero-order chi connectivity index (χ0) is 30.5. The van der Waals surface area contributed by atoms with Crippen LogP contribution in [0.3, 0.4) is 0 Å². The molecule has 43 heavy (non-hydrogen) atoms. The predicted molar refractivity (Wildman–Crippen MR) is 153 cm³/mol. The number of H-pyrrole nitrogens is 1. The van der Waals surface area contributed by atoms with E-state index in [2.05, 4.69) is 27.5 Å². The Balaban J connectivity index is 0.000000177. The maximum Gasteiger partial charge on any atom is 0.335 e. The number of ether oxygens (including phenoxy) is 2. The fourth-order valence-electron chi connectivity index (χ4n) is 4.85. The number of alkyl halides is 2. The van der Waals surface area contributed by atoms with Gasteiger partial charge >= 0.3 is 5.97 Å². The molecule has 0 amide bonds. The average Bonchev–Trinajstić information content (AvgIpc) is 3.52. The van der Waals surface area contributed by atoms with Gasteiger partial charge in [-0.3, -0.25) is 9.69 Å². The number of pyridine rings is 1. The molecular weight excluding hydrogens is 565 g/mol. The highest BCUT2D eigenvalue weighted by atomic mass is 19.3. The lowest BCUT2D eigenvalue weighted by Crippen LogP contribution is -2.32. The van der Waals surface area contributed by atoms with E-state index in [0.29, 0.717) is 11.3 Å². The van der Waals surface area contributed by atoms with Crippen LogP contribution in [0, 0.1) is 5.82 Å². The zero-order valence-electron chi connectivity index (χ0n) is 23.4. The van der Waals surface area contributed by atoms with Crippen LogP contribution in [0.2, 0.25) is 0 Å². The van der Waals surface area contributed by atoms with Gasteiger partial charge < -0.3 is 24.1 Å². The van der Waals surface area contributed by atoms with Crippen molar-refractivity contribution in [2.24, 2.45) is 0 Å². The summed E-state index contributed by atoms with van der Waals surface area (Å²) < 4.78 is 51.0. The van der Waals surface area contributed by atoms with Gasteiger partial charge in [-0.25, -0.2) is 22.9 Å². The molecule has 0 spiro atoms. The Morgan fingerprint density at radius 2 is 2.02 bits per heavy atom. The summed E-state index contributed by atoms with van der Waals surface area (Å²) >= 11 is 0. The minimum absolute atomic E-state index is 0.0545. The molecule has 0 aliphatic carbocycles. The van der Waals surface area contributed by atoms with E-state index in [1.165, 1.54) is 23.9 Å². The highest BCUT2D eigenvalue weighted by molar-refractivity contribution is 5.92. The Morgan fingerprint density at radius 1 is 1.21 bits per heavy atom. The molecule has 4 aromatic rings. The Bertz CT molecular complexity index is 1700. The summed E-state index contributed by atoms with van der Waals surface area (Å²) in [5, 5.41) is 9.27. The number of nitrogens with one attached hydrogen (secondary N) is 1. The molecule has 2 aromatic heterocycles.